The number of nitrogens with zero attached hydrogens (tertiary/aromatic N) is 5. The molecule has 0 unspecified atom stereocenters. The van der Waals surface area contributed by atoms with Crippen molar-refractivity contribution in [2.45, 2.75) is 6.61 Å². The highest BCUT2D eigenvalue weighted by Crippen LogP contribution is 2.27. The molecule has 1 aliphatic rings. The maximum atomic E-state index is 5.91. The molecule has 1 saturated heterocycles. The fraction of sp³-hybridized carbons (Fsp3) is 0.217. The summed E-state index contributed by atoms with van der Waals surface area (Å²) in [6.45, 7) is 3.26. The van der Waals surface area contributed by atoms with E-state index in [-0.39, 0.29) is 5.95 Å². The molecule has 156 valence electrons. The van der Waals surface area contributed by atoms with Crippen LogP contribution in [0.25, 0.3) is 22.4 Å². The lowest BCUT2D eigenvalue weighted by Gasteiger charge is -2.28. The van der Waals surface area contributed by atoms with Crippen molar-refractivity contribution in [3.05, 3.63) is 66.4 Å². The number of morpholine rings is 1. The van der Waals surface area contributed by atoms with Gasteiger partial charge in [-0.15, -0.1) is 0 Å². The first-order valence-corrected chi connectivity index (χ1v) is 10.2. The van der Waals surface area contributed by atoms with E-state index in [1.165, 1.54) is 0 Å². The van der Waals surface area contributed by atoms with Gasteiger partial charge < -0.3 is 20.1 Å². The summed E-state index contributed by atoms with van der Waals surface area (Å²) in [6.07, 6.45) is 1.71. The fourth-order valence-electron chi connectivity index (χ4n) is 3.51. The molecule has 0 amide bonds. The highest BCUT2D eigenvalue weighted by Gasteiger charge is 2.19. The van der Waals surface area contributed by atoms with Crippen molar-refractivity contribution < 1.29 is 9.47 Å². The van der Waals surface area contributed by atoms with Crippen LogP contribution in [0.15, 0.2) is 60.8 Å². The summed E-state index contributed by atoms with van der Waals surface area (Å²) in [7, 11) is 0. The van der Waals surface area contributed by atoms with Gasteiger partial charge in [0.25, 0.3) is 0 Å². The molecule has 0 bridgehead atoms. The number of ether oxygens (including phenoxy) is 2. The highest BCUT2D eigenvalue weighted by molar-refractivity contribution is 5.85. The van der Waals surface area contributed by atoms with E-state index in [2.05, 4.69) is 19.9 Å². The molecule has 31 heavy (non-hydrogen) atoms. The molecule has 5 rings (SSSR count). The average molecular weight is 414 g/mol. The van der Waals surface area contributed by atoms with Gasteiger partial charge in [0.2, 0.25) is 5.95 Å². The van der Waals surface area contributed by atoms with E-state index in [1.807, 2.05) is 54.6 Å². The Bertz CT molecular complexity index is 1180. The Morgan fingerprint density at radius 2 is 1.71 bits per heavy atom. The third-order valence-electron chi connectivity index (χ3n) is 5.11. The number of fused-ring (bicyclic) bond motifs is 1. The molecule has 0 radical (unpaired) electrons. The summed E-state index contributed by atoms with van der Waals surface area (Å²) in [5.41, 5.74) is 9.83. The van der Waals surface area contributed by atoms with E-state index in [0.29, 0.717) is 36.8 Å². The van der Waals surface area contributed by atoms with Crippen molar-refractivity contribution in [2.24, 2.45) is 0 Å². The van der Waals surface area contributed by atoms with Gasteiger partial charge in [0.1, 0.15) is 12.4 Å². The van der Waals surface area contributed by atoms with Crippen molar-refractivity contribution in [3.63, 3.8) is 0 Å². The van der Waals surface area contributed by atoms with Gasteiger partial charge in [0.05, 0.1) is 25.1 Å². The van der Waals surface area contributed by atoms with Gasteiger partial charge >= 0.3 is 0 Å². The number of hydrogen-bond donors (Lipinski definition) is 1. The zero-order valence-electron chi connectivity index (χ0n) is 16.9. The topological polar surface area (TPSA) is 99.3 Å². The SMILES string of the molecule is Nc1nc(N2CCOCC2)c2nc(-c3ccc(OCc4ccccc4)cc3)cnc2n1. The first-order valence-electron chi connectivity index (χ1n) is 10.2. The predicted octanol–water partition coefficient (Wildman–Crippen LogP) is 3.08. The first-order chi connectivity index (χ1) is 15.3. The molecule has 0 saturated carbocycles. The minimum atomic E-state index is 0.191. The van der Waals surface area contributed by atoms with Crippen LogP contribution in [0, 0.1) is 0 Å². The third-order valence-corrected chi connectivity index (χ3v) is 5.11. The van der Waals surface area contributed by atoms with Crippen molar-refractivity contribution in [1.82, 2.24) is 19.9 Å². The summed E-state index contributed by atoms with van der Waals surface area (Å²) in [4.78, 5) is 20.1. The summed E-state index contributed by atoms with van der Waals surface area (Å²) in [5.74, 6) is 1.69. The lowest BCUT2D eigenvalue weighted by molar-refractivity contribution is 0.122. The highest BCUT2D eigenvalue weighted by atomic mass is 16.5. The van der Waals surface area contributed by atoms with Gasteiger partial charge in [0, 0.05) is 18.7 Å². The number of hydrogen-bond acceptors (Lipinski definition) is 8. The van der Waals surface area contributed by atoms with Crippen LogP contribution >= 0.6 is 0 Å². The van der Waals surface area contributed by atoms with Crippen LogP contribution in [0.2, 0.25) is 0 Å². The third kappa shape index (κ3) is 4.24. The van der Waals surface area contributed by atoms with Crippen LogP contribution in [-0.2, 0) is 11.3 Å². The Morgan fingerprint density at radius 1 is 0.935 bits per heavy atom. The van der Waals surface area contributed by atoms with Crippen molar-refractivity contribution in [2.75, 3.05) is 36.9 Å². The lowest BCUT2D eigenvalue weighted by Crippen LogP contribution is -2.37. The normalized spacial score (nSPS) is 14.0. The predicted molar refractivity (Wildman–Crippen MR) is 119 cm³/mol. The van der Waals surface area contributed by atoms with E-state index < -0.39 is 0 Å². The first kappa shape index (κ1) is 19.2. The molecule has 8 nitrogen and oxygen atoms in total. The summed E-state index contributed by atoms with van der Waals surface area (Å²) in [5, 5.41) is 0. The van der Waals surface area contributed by atoms with E-state index in [0.717, 1.165) is 35.7 Å². The second-order valence-corrected chi connectivity index (χ2v) is 7.23. The van der Waals surface area contributed by atoms with E-state index >= 15 is 0 Å². The molecule has 1 aliphatic heterocycles. The standard InChI is InChI=1S/C23H22N6O2/c24-23-27-21-20(22(28-23)29-10-12-30-13-11-29)26-19(14-25-21)17-6-8-18(9-7-17)31-15-16-4-2-1-3-5-16/h1-9,14H,10-13,15H2,(H2,24,25,27,28). The zero-order valence-corrected chi connectivity index (χ0v) is 16.9. The molecule has 0 atom stereocenters. The Morgan fingerprint density at radius 3 is 2.48 bits per heavy atom. The van der Waals surface area contributed by atoms with Crippen molar-refractivity contribution in [3.8, 4) is 17.0 Å². The molecule has 2 aromatic heterocycles. The van der Waals surface area contributed by atoms with Gasteiger partial charge in [0.15, 0.2) is 17.0 Å². The van der Waals surface area contributed by atoms with Gasteiger partial charge in [-0.25, -0.2) is 9.97 Å². The van der Waals surface area contributed by atoms with Crippen LogP contribution < -0.4 is 15.4 Å². The second kappa shape index (κ2) is 8.53. The molecule has 8 heteroatoms. The minimum absolute atomic E-state index is 0.191. The van der Waals surface area contributed by atoms with Crippen LogP contribution in [0.5, 0.6) is 5.75 Å². The number of anilines is 2. The molecule has 0 aliphatic carbocycles. The van der Waals surface area contributed by atoms with Gasteiger partial charge in [-0.1, -0.05) is 30.3 Å². The van der Waals surface area contributed by atoms with E-state index in [1.54, 1.807) is 6.20 Å². The zero-order chi connectivity index (χ0) is 21.0. The van der Waals surface area contributed by atoms with Crippen molar-refractivity contribution >= 4 is 22.9 Å². The molecule has 0 spiro atoms. The molecular formula is C23H22N6O2. The Balaban J connectivity index is 1.41. The largest absolute Gasteiger partial charge is 0.489 e. The van der Waals surface area contributed by atoms with Crippen molar-refractivity contribution in [1.29, 1.82) is 0 Å². The van der Waals surface area contributed by atoms with E-state index in [9.17, 15) is 0 Å². The molecule has 2 N–H and O–H groups in total. The van der Waals surface area contributed by atoms with Crippen LogP contribution in [0.4, 0.5) is 11.8 Å². The average Bonchev–Trinajstić information content (AvgIpc) is 2.83. The number of nitrogen functional groups attached to an aromatic ring is 1. The number of aromatic nitrogens is 4. The fourth-order valence-corrected chi connectivity index (χ4v) is 3.51. The van der Waals surface area contributed by atoms with Crippen LogP contribution in [-0.4, -0.2) is 46.2 Å². The maximum absolute atomic E-state index is 5.91. The van der Waals surface area contributed by atoms with E-state index in [4.69, 9.17) is 20.2 Å². The summed E-state index contributed by atoms with van der Waals surface area (Å²) in [6, 6.07) is 17.9. The minimum Gasteiger partial charge on any atom is -0.489 e. The molecule has 4 aromatic rings. The summed E-state index contributed by atoms with van der Waals surface area (Å²) < 4.78 is 11.3. The smallest absolute Gasteiger partial charge is 0.224 e. The lowest BCUT2D eigenvalue weighted by atomic mass is 10.1. The number of benzene rings is 2. The van der Waals surface area contributed by atoms with Crippen LogP contribution in [0.1, 0.15) is 5.56 Å². The van der Waals surface area contributed by atoms with Gasteiger partial charge in [-0.05, 0) is 29.8 Å². The second-order valence-electron chi connectivity index (χ2n) is 7.23. The van der Waals surface area contributed by atoms with Gasteiger partial charge in [-0.3, -0.25) is 0 Å². The van der Waals surface area contributed by atoms with Crippen LogP contribution in [0.3, 0.4) is 0 Å². The molecular weight excluding hydrogens is 392 g/mol. The number of rotatable bonds is 5. The maximum Gasteiger partial charge on any atom is 0.224 e. The molecule has 1 fully saturated rings. The Kier molecular flexibility index (Phi) is 5.28. The Hall–Kier alpha value is -3.78. The quantitative estimate of drug-likeness (QED) is 0.532. The molecule has 2 aromatic carbocycles. The Labute approximate surface area is 179 Å². The molecule has 3 heterocycles. The monoisotopic (exact) mass is 414 g/mol. The summed E-state index contributed by atoms with van der Waals surface area (Å²) >= 11 is 0. The number of nitrogens with two attached hydrogens (primary N) is 1. The van der Waals surface area contributed by atoms with Gasteiger partial charge in [-0.2, -0.15) is 9.97 Å².